The van der Waals surface area contributed by atoms with E-state index in [4.69, 9.17) is 5.84 Å². The summed E-state index contributed by atoms with van der Waals surface area (Å²) >= 11 is 0. The molecule has 1 heterocycles. The fraction of sp³-hybridized carbons (Fsp3) is 0.267. The lowest BCUT2D eigenvalue weighted by molar-refractivity contribution is 0.508. The smallest absolute Gasteiger partial charge is 0.146 e. The topological polar surface area (TPSA) is 50.9 Å². The molecular formula is C15H18FN3. The highest BCUT2D eigenvalue weighted by molar-refractivity contribution is 5.31. The van der Waals surface area contributed by atoms with Gasteiger partial charge in [0, 0.05) is 11.8 Å². The van der Waals surface area contributed by atoms with Gasteiger partial charge in [0.2, 0.25) is 0 Å². The zero-order valence-electron chi connectivity index (χ0n) is 11.2. The number of rotatable bonds is 4. The molecule has 1 aromatic carbocycles. The number of nitrogens with zero attached hydrogens (tertiary/aromatic N) is 1. The van der Waals surface area contributed by atoms with Crippen molar-refractivity contribution in [1.29, 1.82) is 0 Å². The summed E-state index contributed by atoms with van der Waals surface area (Å²) in [4.78, 5) is 3.75. The van der Waals surface area contributed by atoms with Gasteiger partial charge in [0.05, 0.1) is 12.2 Å². The van der Waals surface area contributed by atoms with Gasteiger partial charge in [0.1, 0.15) is 5.82 Å². The predicted octanol–water partition coefficient (Wildman–Crippen LogP) is 2.58. The van der Waals surface area contributed by atoms with Crippen LogP contribution in [-0.2, 0) is 6.42 Å². The van der Waals surface area contributed by atoms with Gasteiger partial charge in [0.25, 0.3) is 0 Å². The molecule has 0 bridgehead atoms. The van der Waals surface area contributed by atoms with Crippen molar-refractivity contribution in [3.05, 3.63) is 64.7 Å². The van der Waals surface area contributed by atoms with Crippen LogP contribution in [0.5, 0.6) is 0 Å². The average molecular weight is 259 g/mol. The number of benzene rings is 1. The Bertz CT molecular complexity index is 569. The van der Waals surface area contributed by atoms with E-state index in [0.717, 1.165) is 5.56 Å². The molecule has 3 N–H and O–H groups in total. The first-order chi connectivity index (χ1) is 9.11. The fourth-order valence-electron chi connectivity index (χ4n) is 2.09. The zero-order chi connectivity index (χ0) is 13.8. The summed E-state index contributed by atoms with van der Waals surface area (Å²) in [5, 5.41) is 0. The molecule has 0 spiro atoms. The number of nitrogens with two attached hydrogens (primary N) is 1. The predicted molar refractivity (Wildman–Crippen MR) is 73.9 cm³/mol. The highest BCUT2D eigenvalue weighted by Crippen LogP contribution is 2.21. The third-order valence-corrected chi connectivity index (χ3v) is 3.39. The van der Waals surface area contributed by atoms with Crippen LogP contribution in [0.25, 0.3) is 0 Å². The first-order valence-electron chi connectivity index (χ1n) is 6.23. The molecular weight excluding hydrogens is 241 g/mol. The average Bonchev–Trinajstić information content (AvgIpc) is 2.41. The van der Waals surface area contributed by atoms with Crippen LogP contribution in [0.2, 0.25) is 0 Å². The van der Waals surface area contributed by atoms with Crippen molar-refractivity contribution in [3.8, 4) is 0 Å². The Balaban J connectivity index is 2.24. The van der Waals surface area contributed by atoms with Crippen LogP contribution in [-0.4, -0.2) is 4.98 Å². The van der Waals surface area contributed by atoms with Crippen LogP contribution in [0.15, 0.2) is 36.7 Å². The Kier molecular flexibility index (Phi) is 4.24. The summed E-state index contributed by atoms with van der Waals surface area (Å²) in [5.41, 5.74) is 6.81. The molecule has 1 aromatic heterocycles. The van der Waals surface area contributed by atoms with Crippen LogP contribution < -0.4 is 11.3 Å². The summed E-state index contributed by atoms with van der Waals surface area (Å²) in [5.74, 6) is 5.21. The molecule has 4 heteroatoms. The molecule has 0 aliphatic heterocycles. The van der Waals surface area contributed by atoms with Gasteiger partial charge in [-0.25, -0.2) is 4.39 Å². The minimum Gasteiger partial charge on any atom is -0.271 e. The molecule has 1 unspecified atom stereocenters. The number of hydrogen-bond acceptors (Lipinski definition) is 3. The van der Waals surface area contributed by atoms with Gasteiger partial charge in [-0.05, 0) is 43.0 Å². The minimum atomic E-state index is -0.339. The van der Waals surface area contributed by atoms with E-state index in [0.29, 0.717) is 12.0 Å². The molecule has 3 nitrogen and oxygen atoms in total. The molecule has 19 heavy (non-hydrogen) atoms. The minimum absolute atomic E-state index is 0.259. The van der Waals surface area contributed by atoms with Crippen molar-refractivity contribution in [2.45, 2.75) is 26.3 Å². The van der Waals surface area contributed by atoms with E-state index in [2.05, 4.69) is 36.4 Å². The quantitative estimate of drug-likeness (QED) is 0.655. The molecule has 2 rings (SSSR count). The van der Waals surface area contributed by atoms with Crippen LogP contribution in [0, 0.1) is 19.7 Å². The molecule has 0 saturated carbocycles. The highest BCUT2D eigenvalue weighted by Gasteiger charge is 2.15. The van der Waals surface area contributed by atoms with Crippen molar-refractivity contribution in [1.82, 2.24) is 10.4 Å². The third kappa shape index (κ3) is 3.16. The Hall–Kier alpha value is -1.78. The van der Waals surface area contributed by atoms with Crippen molar-refractivity contribution in [2.75, 3.05) is 0 Å². The molecule has 0 amide bonds. The van der Waals surface area contributed by atoms with Crippen LogP contribution in [0.1, 0.15) is 28.3 Å². The lowest BCUT2D eigenvalue weighted by atomic mass is 9.97. The Morgan fingerprint density at radius 3 is 2.68 bits per heavy atom. The van der Waals surface area contributed by atoms with Gasteiger partial charge in [-0.2, -0.15) is 0 Å². The lowest BCUT2D eigenvalue weighted by Crippen LogP contribution is -2.30. The second-order valence-corrected chi connectivity index (χ2v) is 4.74. The van der Waals surface area contributed by atoms with Gasteiger partial charge in [0.15, 0.2) is 0 Å². The zero-order valence-corrected chi connectivity index (χ0v) is 11.2. The van der Waals surface area contributed by atoms with Gasteiger partial charge < -0.3 is 0 Å². The number of hydrazine groups is 1. The van der Waals surface area contributed by atoms with Crippen LogP contribution >= 0.6 is 0 Å². The van der Waals surface area contributed by atoms with Gasteiger partial charge in [-0.1, -0.05) is 18.2 Å². The van der Waals surface area contributed by atoms with Crippen molar-refractivity contribution >= 4 is 0 Å². The fourth-order valence-corrected chi connectivity index (χ4v) is 2.09. The third-order valence-electron chi connectivity index (χ3n) is 3.39. The molecule has 2 aromatic rings. The summed E-state index contributed by atoms with van der Waals surface area (Å²) in [6.07, 6.45) is 3.42. The Morgan fingerprint density at radius 1 is 1.26 bits per heavy atom. The summed E-state index contributed by atoms with van der Waals surface area (Å²) in [6.45, 7) is 4.14. The number of aromatic nitrogens is 1. The van der Waals surface area contributed by atoms with E-state index in [1.807, 2.05) is 6.07 Å². The SMILES string of the molecule is Cc1ccc(CC(NN)c2ccncc2F)cc1C. The second kappa shape index (κ2) is 5.91. The molecule has 0 saturated heterocycles. The van der Waals surface area contributed by atoms with E-state index >= 15 is 0 Å². The Labute approximate surface area is 112 Å². The van der Waals surface area contributed by atoms with Gasteiger partial charge in [-0.15, -0.1) is 0 Å². The van der Waals surface area contributed by atoms with E-state index in [-0.39, 0.29) is 11.9 Å². The molecule has 0 radical (unpaired) electrons. The van der Waals surface area contributed by atoms with Gasteiger partial charge in [-0.3, -0.25) is 16.3 Å². The number of aryl methyl sites for hydroxylation is 2. The lowest BCUT2D eigenvalue weighted by Gasteiger charge is -2.17. The van der Waals surface area contributed by atoms with Gasteiger partial charge >= 0.3 is 0 Å². The molecule has 1 atom stereocenters. The first-order valence-corrected chi connectivity index (χ1v) is 6.23. The van der Waals surface area contributed by atoms with E-state index in [1.165, 1.54) is 17.3 Å². The maximum Gasteiger partial charge on any atom is 0.146 e. The molecule has 100 valence electrons. The summed E-state index contributed by atoms with van der Waals surface area (Å²) < 4.78 is 13.7. The number of nitrogens with one attached hydrogen (secondary N) is 1. The monoisotopic (exact) mass is 259 g/mol. The number of hydrogen-bond donors (Lipinski definition) is 2. The summed E-state index contributed by atoms with van der Waals surface area (Å²) in [6, 6.07) is 7.62. The van der Waals surface area contributed by atoms with Crippen LogP contribution in [0.3, 0.4) is 0 Å². The van der Waals surface area contributed by atoms with E-state index in [1.54, 1.807) is 12.3 Å². The number of pyridine rings is 1. The maximum atomic E-state index is 13.7. The largest absolute Gasteiger partial charge is 0.271 e. The normalized spacial score (nSPS) is 12.4. The summed E-state index contributed by atoms with van der Waals surface area (Å²) in [7, 11) is 0. The Morgan fingerprint density at radius 2 is 2.05 bits per heavy atom. The molecule has 0 fully saturated rings. The van der Waals surface area contributed by atoms with Crippen LogP contribution in [0.4, 0.5) is 4.39 Å². The van der Waals surface area contributed by atoms with E-state index in [9.17, 15) is 4.39 Å². The van der Waals surface area contributed by atoms with Crippen molar-refractivity contribution < 1.29 is 4.39 Å². The first kappa shape index (κ1) is 13.6. The van der Waals surface area contributed by atoms with E-state index < -0.39 is 0 Å². The molecule has 0 aliphatic rings. The highest BCUT2D eigenvalue weighted by atomic mass is 19.1. The second-order valence-electron chi connectivity index (χ2n) is 4.74. The number of halogens is 1. The van der Waals surface area contributed by atoms with Crippen molar-refractivity contribution in [3.63, 3.8) is 0 Å². The van der Waals surface area contributed by atoms with Crippen molar-refractivity contribution in [2.24, 2.45) is 5.84 Å². The molecule has 0 aliphatic carbocycles. The standard InChI is InChI=1S/C15H18FN3/c1-10-3-4-12(7-11(10)2)8-15(19-17)13-5-6-18-9-14(13)16/h3-7,9,15,19H,8,17H2,1-2H3. The maximum absolute atomic E-state index is 13.7.